The highest BCUT2D eigenvalue weighted by atomic mass is 19.1. The second-order valence-electron chi connectivity index (χ2n) is 9.41. The molecule has 2 saturated carbocycles. The van der Waals surface area contributed by atoms with Gasteiger partial charge < -0.3 is 10.2 Å². The molecule has 1 N–H and O–H groups in total. The number of piperazine rings is 1. The van der Waals surface area contributed by atoms with E-state index >= 15 is 0 Å². The molecule has 0 radical (unpaired) electrons. The molecule has 4 rings (SSSR count). The molecule has 1 heterocycles. The number of halogens is 2. The first-order chi connectivity index (χ1) is 13.8. The summed E-state index contributed by atoms with van der Waals surface area (Å²) in [6.45, 7) is 4.64. The number of rotatable bonds is 5. The molecule has 1 aromatic rings. The Kier molecular flexibility index (Phi) is 5.63. The molecule has 1 aromatic carbocycles. The minimum atomic E-state index is -0.612. The summed E-state index contributed by atoms with van der Waals surface area (Å²) in [5, 5.41) is 3.18. The van der Waals surface area contributed by atoms with Crippen molar-refractivity contribution in [3.8, 4) is 0 Å². The maximum atomic E-state index is 14.2. The van der Waals surface area contributed by atoms with Crippen molar-refractivity contribution < 1.29 is 18.4 Å². The lowest BCUT2D eigenvalue weighted by molar-refractivity contribution is -0.147. The van der Waals surface area contributed by atoms with Crippen LogP contribution in [0, 0.1) is 29.4 Å². The number of carbonyl (C=O) groups excluding carboxylic acids is 2. The first kappa shape index (κ1) is 20.3. The second-order valence-corrected chi connectivity index (χ2v) is 9.41. The Morgan fingerprint density at radius 2 is 1.97 bits per heavy atom. The average molecular weight is 405 g/mol. The van der Waals surface area contributed by atoms with Crippen molar-refractivity contribution >= 4 is 11.8 Å². The van der Waals surface area contributed by atoms with Gasteiger partial charge in [-0.1, -0.05) is 32.8 Å². The fraction of sp³-hybridized carbons (Fsp3) is 0.652. The molecule has 4 atom stereocenters. The van der Waals surface area contributed by atoms with Crippen LogP contribution in [0.15, 0.2) is 18.2 Å². The third kappa shape index (κ3) is 4.17. The summed E-state index contributed by atoms with van der Waals surface area (Å²) in [7, 11) is 0. The average Bonchev–Trinajstić information content (AvgIpc) is 3.24. The van der Waals surface area contributed by atoms with Crippen LogP contribution < -0.4 is 5.32 Å². The summed E-state index contributed by atoms with van der Waals surface area (Å²) in [4.78, 5) is 28.0. The molecule has 158 valence electrons. The molecule has 0 bridgehead atoms. The molecule has 4 nitrogen and oxygen atoms in total. The Morgan fingerprint density at radius 1 is 1.24 bits per heavy atom. The minimum absolute atomic E-state index is 0.0112. The van der Waals surface area contributed by atoms with E-state index in [1.165, 1.54) is 25.0 Å². The van der Waals surface area contributed by atoms with E-state index in [2.05, 4.69) is 5.32 Å². The van der Waals surface area contributed by atoms with Crippen LogP contribution in [0.3, 0.4) is 0 Å². The summed E-state index contributed by atoms with van der Waals surface area (Å²) in [6.07, 6.45) is 5.71. The van der Waals surface area contributed by atoms with E-state index in [-0.39, 0.29) is 35.6 Å². The van der Waals surface area contributed by atoms with Crippen molar-refractivity contribution in [1.29, 1.82) is 0 Å². The molecule has 2 aliphatic carbocycles. The molecule has 29 heavy (non-hydrogen) atoms. The van der Waals surface area contributed by atoms with Gasteiger partial charge in [-0.25, -0.2) is 8.78 Å². The Bertz CT molecular complexity index is 791. The first-order valence-electron chi connectivity index (χ1n) is 10.9. The maximum Gasteiger partial charge on any atom is 0.243 e. The number of amides is 2. The number of hydrogen-bond acceptors (Lipinski definition) is 2. The van der Waals surface area contributed by atoms with Crippen molar-refractivity contribution in [1.82, 2.24) is 10.2 Å². The fourth-order valence-electron chi connectivity index (χ4n) is 5.18. The highest BCUT2D eigenvalue weighted by molar-refractivity contribution is 5.91. The van der Waals surface area contributed by atoms with Crippen LogP contribution in [0.2, 0.25) is 0 Å². The lowest BCUT2D eigenvalue weighted by atomic mass is 9.91. The Morgan fingerprint density at radius 3 is 2.62 bits per heavy atom. The van der Waals surface area contributed by atoms with Crippen molar-refractivity contribution in [2.75, 3.05) is 6.54 Å². The summed E-state index contributed by atoms with van der Waals surface area (Å²) in [5.74, 6) is -1.14. The molecule has 0 aromatic heterocycles. The molecular formula is C23H30F2N2O2. The zero-order valence-corrected chi connectivity index (χ0v) is 17.2. The van der Waals surface area contributed by atoms with Crippen LogP contribution in [-0.4, -0.2) is 35.3 Å². The van der Waals surface area contributed by atoms with Gasteiger partial charge in [0.15, 0.2) is 0 Å². The number of carbonyl (C=O) groups is 2. The SMILES string of the molecule is CC(C)C[C@H]1C(=O)N[C@@H](C2CCCC2)CN1C(=O)[C@@H]1C[C@H]1c1ccc(F)cc1F. The second kappa shape index (κ2) is 8.04. The van der Waals surface area contributed by atoms with Gasteiger partial charge in [0.05, 0.1) is 0 Å². The normalized spacial score (nSPS) is 30.0. The van der Waals surface area contributed by atoms with Gasteiger partial charge in [-0.05, 0) is 55.1 Å². The van der Waals surface area contributed by atoms with Crippen LogP contribution in [0.4, 0.5) is 8.78 Å². The lowest BCUT2D eigenvalue weighted by Gasteiger charge is -2.42. The minimum Gasteiger partial charge on any atom is -0.350 e. The van der Waals surface area contributed by atoms with Crippen LogP contribution >= 0.6 is 0 Å². The van der Waals surface area contributed by atoms with Crippen molar-refractivity contribution in [2.24, 2.45) is 17.8 Å². The van der Waals surface area contributed by atoms with Crippen LogP contribution in [0.5, 0.6) is 0 Å². The van der Waals surface area contributed by atoms with Crippen molar-refractivity contribution in [3.05, 3.63) is 35.4 Å². The fourth-order valence-corrected chi connectivity index (χ4v) is 5.18. The van der Waals surface area contributed by atoms with Crippen LogP contribution in [-0.2, 0) is 9.59 Å². The highest BCUT2D eigenvalue weighted by Crippen LogP contribution is 2.50. The number of benzene rings is 1. The Hall–Kier alpha value is -1.98. The van der Waals surface area contributed by atoms with E-state index in [0.29, 0.717) is 30.9 Å². The zero-order chi connectivity index (χ0) is 20.7. The number of nitrogens with one attached hydrogen (secondary N) is 1. The maximum absolute atomic E-state index is 14.2. The summed E-state index contributed by atoms with van der Waals surface area (Å²) < 4.78 is 27.4. The molecule has 1 aliphatic heterocycles. The van der Waals surface area contributed by atoms with E-state index < -0.39 is 17.7 Å². The van der Waals surface area contributed by atoms with E-state index in [1.807, 2.05) is 13.8 Å². The van der Waals surface area contributed by atoms with Crippen molar-refractivity contribution in [3.63, 3.8) is 0 Å². The Labute approximate surface area is 171 Å². The van der Waals surface area contributed by atoms with Gasteiger partial charge in [-0.15, -0.1) is 0 Å². The summed E-state index contributed by atoms with van der Waals surface area (Å²) >= 11 is 0. The number of nitrogens with zero attached hydrogens (tertiary/aromatic N) is 1. The first-order valence-corrected chi connectivity index (χ1v) is 10.9. The van der Waals surface area contributed by atoms with Gasteiger partial charge in [0.1, 0.15) is 17.7 Å². The van der Waals surface area contributed by atoms with Gasteiger partial charge in [-0.2, -0.15) is 0 Å². The molecule has 1 saturated heterocycles. The third-order valence-corrected chi connectivity index (χ3v) is 6.82. The lowest BCUT2D eigenvalue weighted by Crippen LogP contribution is -2.63. The number of hydrogen-bond donors (Lipinski definition) is 1. The predicted molar refractivity (Wildman–Crippen MR) is 106 cm³/mol. The highest BCUT2D eigenvalue weighted by Gasteiger charge is 2.50. The monoisotopic (exact) mass is 404 g/mol. The summed E-state index contributed by atoms with van der Waals surface area (Å²) in [6, 6.07) is 3.11. The molecule has 2 amide bonds. The molecule has 3 aliphatic rings. The molecule has 6 heteroatoms. The molecule has 0 unspecified atom stereocenters. The summed E-state index contributed by atoms with van der Waals surface area (Å²) in [5.41, 5.74) is 0.402. The molecule has 0 spiro atoms. The van der Waals surface area contributed by atoms with E-state index in [0.717, 1.165) is 18.9 Å². The molecular weight excluding hydrogens is 374 g/mol. The van der Waals surface area contributed by atoms with E-state index in [4.69, 9.17) is 0 Å². The zero-order valence-electron chi connectivity index (χ0n) is 17.2. The van der Waals surface area contributed by atoms with Crippen LogP contribution in [0.1, 0.15) is 63.9 Å². The quantitative estimate of drug-likeness (QED) is 0.806. The van der Waals surface area contributed by atoms with Gasteiger partial charge >= 0.3 is 0 Å². The smallest absolute Gasteiger partial charge is 0.243 e. The van der Waals surface area contributed by atoms with Gasteiger partial charge in [0.2, 0.25) is 11.8 Å². The van der Waals surface area contributed by atoms with Gasteiger partial charge in [0, 0.05) is 24.6 Å². The van der Waals surface area contributed by atoms with Gasteiger partial charge in [0.25, 0.3) is 0 Å². The topological polar surface area (TPSA) is 49.4 Å². The van der Waals surface area contributed by atoms with E-state index in [1.54, 1.807) is 4.90 Å². The van der Waals surface area contributed by atoms with E-state index in [9.17, 15) is 18.4 Å². The van der Waals surface area contributed by atoms with Crippen molar-refractivity contribution in [2.45, 2.75) is 70.4 Å². The standard InChI is InChI=1S/C23H30F2N2O2/c1-13(2)9-21-22(28)26-20(14-5-3-4-6-14)12-27(21)23(29)18-11-17(18)16-8-7-15(24)10-19(16)25/h7-8,10,13-14,17-18,20-21H,3-6,9,11-12H2,1-2H3,(H,26,28)/t17-,18+,20+,21-/m0/s1. The largest absolute Gasteiger partial charge is 0.350 e. The predicted octanol–water partition coefficient (Wildman–Crippen LogP) is 4.00. The van der Waals surface area contributed by atoms with Crippen LogP contribution in [0.25, 0.3) is 0 Å². The third-order valence-electron chi connectivity index (χ3n) is 6.82. The molecule has 3 fully saturated rings. The van der Waals surface area contributed by atoms with Gasteiger partial charge in [-0.3, -0.25) is 9.59 Å². The Balaban J connectivity index is 1.52.